The number of hydrogen-bond acceptors (Lipinski definition) is 6. The zero-order chi connectivity index (χ0) is 28.2. The van der Waals surface area contributed by atoms with E-state index in [1.165, 1.54) is 28.3 Å². The molecule has 2 aromatic rings. The van der Waals surface area contributed by atoms with E-state index < -0.39 is 34.7 Å². The molecule has 2 aromatic carbocycles. The summed E-state index contributed by atoms with van der Waals surface area (Å²) in [6.45, 7) is 5.93. The molecule has 2 aliphatic rings. The first-order valence-corrected chi connectivity index (χ1v) is 14.3. The van der Waals surface area contributed by atoms with Crippen molar-refractivity contribution < 1.29 is 24.6 Å². The third kappa shape index (κ3) is 6.65. The summed E-state index contributed by atoms with van der Waals surface area (Å²) in [5, 5.41) is 27.3. The SMILES string of the molecule is Cc1c(O)cccc1C(=O)N[C@@H](Cc1ccccc1)[C@H](O)C(=O)N1CSC(C)(C)C1C(=O)NCC1=CCCC1. The van der Waals surface area contributed by atoms with Gasteiger partial charge in [0.2, 0.25) is 5.91 Å². The van der Waals surface area contributed by atoms with E-state index in [4.69, 9.17) is 0 Å². The Morgan fingerprint density at radius 2 is 1.87 bits per heavy atom. The highest BCUT2D eigenvalue weighted by Crippen LogP contribution is 2.40. The number of aliphatic hydroxyl groups is 1. The lowest BCUT2D eigenvalue weighted by atomic mass is 9.96. The fourth-order valence-corrected chi connectivity index (χ4v) is 6.32. The second kappa shape index (κ2) is 12.3. The molecule has 0 aromatic heterocycles. The van der Waals surface area contributed by atoms with Crippen molar-refractivity contribution in [2.24, 2.45) is 0 Å². The molecule has 1 saturated heterocycles. The van der Waals surface area contributed by atoms with Crippen LogP contribution in [0.5, 0.6) is 5.75 Å². The number of carbonyl (C=O) groups is 3. The Bertz CT molecular complexity index is 1250. The van der Waals surface area contributed by atoms with Gasteiger partial charge in [0.05, 0.1) is 11.9 Å². The standard InChI is InChI=1S/C30H37N3O5S/c1-19-22(14-9-15-24(19)34)27(36)32-23(16-20-10-5-4-6-11-20)25(35)29(38)33-18-39-30(2,3)26(33)28(37)31-17-21-12-7-8-13-21/h4-6,9-12,14-15,23,25-26,34-35H,7-8,13,16-18H2,1-3H3,(H,31,37)(H,32,36)/t23-,25-,26?/m0/s1. The molecule has 3 atom stereocenters. The number of rotatable bonds is 9. The van der Waals surface area contributed by atoms with Crippen molar-refractivity contribution >= 4 is 29.5 Å². The summed E-state index contributed by atoms with van der Waals surface area (Å²) in [5.41, 5.74) is 2.68. The second-order valence-electron chi connectivity index (χ2n) is 10.7. The van der Waals surface area contributed by atoms with Gasteiger partial charge in [-0.2, -0.15) is 0 Å². The first-order chi connectivity index (χ1) is 18.6. The van der Waals surface area contributed by atoms with E-state index in [1.54, 1.807) is 19.1 Å². The monoisotopic (exact) mass is 551 g/mol. The normalized spacial score (nSPS) is 19.7. The van der Waals surface area contributed by atoms with Gasteiger partial charge in [-0.25, -0.2) is 0 Å². The molecule has 0 bridgehead atoms. The Morgan fingerprint density at radius 3 is 2.56 bits per heavy atom. The minimum Gasteiger partial charge on any atom is -0.508 e. The molecule has 4 rings (SSSR count). The maximum atomic E-state index is 13.8. The van der Waals surface area contributed by atoms with Crippen LogP contribution in [0.3, 0.4) is 0 Å². The first-order valence-electron chi connectivity index (χ1n) is 13.3. The zero-order valence-electron chi connectivity index (χ0n) is 22.6. The highest BCUT2D eigenvalue weighted by atomic mass is 32.2. The predicted octanol–water partition coefficient (Wildman–Crippen LogP) is 3.31. The van der Waals surface area contributed by atoms with Crippen molar-refractivity contribution in [3.05, 3.63) is 76.9 Å². The molecule has 4 N–H and O–H groups in total. The van der Waals surface area contributed by atoms with E-state index in [-0.39, 0.29) is 29.5 Å². The average molecular weight is 552 g/mol. The molecule has 1 aliphatic heterocycles. The van der Waals surface area contributed by atoms with Crippen LogP contribution >= 0.6 is 11.8 Å². The number of nitrogens with one attached hydrogen (secondary N) is 2. The van der Waals surface area contributed by atoms with E-state index in [1.807, 2.05) is 44.2 Å². The van der Waals surface area contributed by atoms with Gasteiger partial charge < -0.3 is 25.7 Å². The summed E-state index contributed by atoms with van der Waals surface area (Å²) in [4.78, 5) is 41.7. The number of nitrogens with zero attached hydrogens (tertiary/aromatic N) is 1. The molecule has 8 nitrogen and oxygen atoms in total. The molecule has 0 radical (unpaired) electrons. The minimum atomic E-state index is -1.59. The molecular weight excluding hydrogens is 514 g/mol. The Labute approximate surface area is 233 Å². The predicted molar refractivity (Wildman–Crippen MR) is 152 cm³/mol. The number of aliphatic hydroxyl groups excluding tert-OH is 1. The van der Waals surface area contributed by atoms with Gasteiger partial charge in [0.1, 0.15) is 11.8 Å². The van der Waals surface area contributed by atoms with Crippen molar-refractivity contribution in [3.63, 3.8) is 0 Å². The van der Waals surface area contributed by atoms with E-state index in [0.29, 0.717) is 12.1 Å². The van der Waals surface area contributed by atoms with Crippen LogP contribution in [0.2, 0.25) is 0 Å². The number of carbonyl (C=O) groups excluding carboxylic acids is 3. The van der Waals surface area contributed by atoms with E-state index >= 15 is 0 Å². The maximum Gasteiger partial charge on any atom is 0.254 e. The summed E-state index contributed by atoms with van der Waals surface area (Å²) in [6, 6.07) is 12.2. The smallest absolute Gasteiger partial charge is 0.254 e. The molecule has 208 valence electrons. The molecule has 9 heteroatoms. The summed E-state index contributed by atoms with van der Waals surface area (Å²) in [6.07, 6.45) is 3.82. The van der Waals surface area contributed by atoms with Crippen LogP contribution in [0.15, 0.2) is 60.2 Å². The largest absolute Gasteiger partial charge is 0.508 e. The Morgan fingerprint density at radius 1 is 1.13 bits per heavy atom. The molecule has 39 heavy (non-hydrogen) atoms. The number of aromatic hydroxyl groups is 1. The van der Waals surface area contributed by atoms with Crippen molar-refractivity contribution in [3.8, 4) is 5.75 Å². The number of hydrogen-bond donors (Lipinski definition) is 4. The van der Waals surface area contributed by atoms with Crippen LogP contribution in [0.1, 0.15) is 54.6 Å². The highest BCUT2D eigenvalue weighted by molar-refractivity contribution is 8.00. The highest BCUT2D eigenvalue weighted by Gasteiger charge is 2.49. The molecule has 1 unspecified atom stereocenters. The number of amides is 3. The molecule has 0 saturated carbocycles. The molecular formula is C30H37N3O5S. The van der Waals surface area contributed by atoms with Crippen LogP contribution < -0.4 is 10.6 Å². The van der Waals surface area contributed by atoms with Crippen molar-refractivity contribution in [2.75, 3.05) is 12.4 Å². The Balaban J connectivity index is 1.55. The fourth-order valence-electron chi connectivity index (χ4n) is 5.18. The topological polar surface area (TPSA) is 119 Å². The van der Waals surface area contributed by atoms with Gasteiger partial charge in [0.15, 0.2) is 6.10 Å². The summed E-state index contributed by atoms with van der Waals surface area (Å²) in [5.74, 6) is -1.13. The van der Waals surface area contributed by atoms with Gasteiger partial charge in [0.25, 0.3) is 11.8 Å². The molecule has 0 spiro atoms. The molecule has 1 aliphatic carbocycles. The lowest BCUT2D eigenvalue weighted by molar-refractivity contribution is -0.147. The van der Waals surface area contributed by atoms with Gasteiger partial charge in [0, 0.05) is 22.4 Å². The van der Waals surface area contributed by atoms with Crippen LogP contribution in [-0.4, -0.2) is 68.2 Å². The molecule has 1 fully saturated rings. The number of phenolic OH excluding ortho intramolecular Hbond substituents is 1. The van der Waals surface area contributed by atoms with Crippen LogP contribution in [-0.2, 0) is 16.0 Å². The van der Waals surface area contributed by atoms with Crippen molar-refractivity contribution in [2.45, 2.75) is 69.4 Å². The Hall–Kier alpha value is -3.30. The number of benzene rings is 2. The summed E-state index contributed by atoms with van der Waals surface area (Å²) < 4.78 is -0.555. The van der Waals surface area contributed by atoms with Crippen LogP contribution in [0, 0.1) is 6.92 Å². The number of phenols is 1. The van der Waals surface area contributed by atoms with E-state index in [0.717, 1.165) is 24.8 Å². The third-order valence-corrected chi connectivity index (χ3v) is 8.88. The van der Waals surface area contributed by atoms with Gasteiger partial charge in [-0.1, -0.05) is 48.0 Å². The minimum absolute atomic E-state index is 0.0163. The lowest BCUT2D eigenvalue weighted by Crippen LogP contribution is -2.58. The fraction of sp³-hybridized carbons (Fsp3) is 0.433. The summed E-state index contributed by atoms with van der Waals surface area (Å²) in [7, 11) is 0. The van der Waals surface area contributed by atoms with Gasteiger partial charge in [-0.3, -0.25) is 14.4 Å². The van der Waals surface area contributed by atoms with Crippen LogP contribution in [0.25, 0.3) is 0 Å². The van der Waals surface area contributed by atoms with Gasteiger partial charge in [-0.15, -0.1) is 11.8 Å². The average Bonchev–Trinajstić information content (AvgIpc) is 3.55. The lowest BCUT2D eigenvalue weighted by Gasteiger charge is -2.33. The van der Waals surface area contributed by atoms with Crippen LogP contribution in [0.4, 0.5) is 0 Å². The number of thioether (sulfide) groups is 1. The quantitative estimate of drug-likeness (QED) is 0.355. The van der Waals surface area contributed by atoms with Gasteiger partial charge >= 0.3 is 0 Å². The maximum absolute atomic E-state index is 13.8. The van der Waals surface area contributed by atoms with Crippen molar-refractivity contribution in [1.82, 2.24) is 15.5 Å². The number of allylic oxidation sites excluding steroid dienone is 1. The van der Waals surface area contributed by atoms with Crippen molar-refractivity contribution in [1.29, 1.82) is 0 Å². The third-order valence-electron chi connectivity index (χ3n) is 7.50. The molecule has 1 heterocycles. The first kappa shape index (κ1) is 28.7. The van der Waals surface area contributed by atoms with E-state index in [2.05, 4.69) is 16.7 Å². The second-order valence-corrected chi connectivity index (χ2v) is 12.3. The summed E-state index contributed by atoms with van der Waals surface area (Å²) >= 11 is 1.48. The van der Waals surface area contributed by atoms with Gasteiger partial charge in [-0.05, 0) is 64.2 Å². The van der Waals surface area contributed by atoms with E-state index in [9.17, 15) is 24.6 Å². The molecule has 3 amide bonds. The zero-order valence-corrected chi connectivity index (χ0v) is 23.5. The Kier molecular flexibility index (Phi) is 9.02.